The van der Waals surface area contributed by atoms with Crippen molar-refractivity contribution in [2.24, 2.45) is 0 Å². The summed E-state index contributed by atoms with van der Waals surface area (Å²) in [5.74, 6) is -0.356. The molecule has 2 aromatic rings. The van der Waals surface area contributed by atoms with Crippen molar-refractivity contribution in [1.82, 2.24) is 14.9 Å². The number of likely N-dealkylation sites (tertiary alicyclic amines) is 1. The van der Waals surface area contributed by atoms with Gasteiger partial charge in [-0.3, -0.25) is 4.79 Å². The average molecular weight is 462 g/mol. The highest BCUT2D eigenvalue weighted by molar-refractivity contribution is 7.89. The van der Waals surface area contributed by atoms with Crippen LogP contribution >= 0.6 is 0 Å². The number of hydrogen-bond acceptors (Lipinski definition) is 5. The summed E-state index contributed by atoms with van der Waals surface area (Å²) >= 11 is 0. The largest absolute Gasteiger partial charge is 0.444 e. The number of rotatable bonds is 6. The van der Waals surface area contributed by atoms with Crippen LogP contribution in [0.4, 0.5) is 4.79 Å². The van der Waals surface area contributed by atoms with Crippen molar-refractivity contribution in [1.29, 1.82) is 0 Å². The number of amides is 2. The topological polar surface area (TPSA) is 105 Å². The second-order valence-corrected chi connectivity index (χ2v) is 10.7. The van der Waals surface area contributed by atoms with Gasteiger partial charge in [0.05, 0.1) is 4.90 Å². The first kappa shape index (κ1) is 24.0. The van der Waals surface area contributed by atoms with Crippen LogP contribution in [0.15, 0.2) is 47.4 Å². The lowest BCUT2D eigenvalue weighted by Crippen LogP contribution is -2.54. The molecular weight excluding hydrogens is 430 g/mol. The number of hydrogen-bond donors (Lipinski definition) is 2. The molecule has 0 saturated carbocycles. The van der Waals surface area contributed by atoms with E-state index in [0.717, 1.165) is 30.0 Å². The van der Waals surface area contributed by atoms with E-state index in [2.05, 4.69) is 10.0 Å². The summed E-state index contributed by atoms with van der Waals surface area (Å²) in [4.78, 5) is 26.9. The summed E-state index contributed by atoms with van der Waals surface area (Å²) in [6, 6.07) is 11.1. The number of piperidine rings is 1. The first-order valence-electron chi connectivity index (χ1n) is 10.8. The minimum Gasteiger partial charge on any atom is -0.444 e. The highest BCUT2D eigenvalue weighted by Gasteiger charge is 2.31. The van der Waals surface area contributed by atoms with E-state index in [1.54, 1.807) is 37.8 Å². The normalized spacial score (nSPS) is 15.9. The van der Waals surface area contributed by atoms with E-state index in [-0.39, 0.29) is 17.3 Å². The fraction of sp³-hybridized carbons (Fsp3) is 0.478. The van der Waals surface area contributed by atoms with E-state index in [1.807, 2.05) is 24.3 Å². The molecule has 1 aliphatic heterocycles. The summed E-state index contributed by atoms with van der Waals surface area (Å²) in [5, 5.41) is 4.22. The molecule has 0 aromatic heterocycles. The van der Waals surface area contributed by atoms with Crippen LogP contribution < -0.4 is 10.0 Å². The number of alkyl carbamates (subject to hydrolysis) is 1. The predicted molar refractivity (Wildman–Crippen MR) is 123 cm³/mol. The Morgan fingerprint density at radius 2 is 1.69 bits per heavy atom. The van der Waals surface area contributed by atoms with Crippen molar-refractivity contribution < 1.29 is 22.7 Å². The second kappa shape index (κ2) is 9.87. The third kappa shape index (κ3) is 6.43. The van der Waals surface area contributed by atoms with Crippen LogP contribution in [-0.4, -0.2) is 56.6 Å². The molecule has 2 amide bonds. The molecule has 1 fully saturated rings. The zero-order valence-corrected chi connectivity index (χ0v) is 19.6. The Labute approximate surface area is 189 Å². The summed E-state index contributed by atoms with van der Waals surface area (Å²) in [6.45, 7) is 6.11. The minimum absolute atomic E-state index is 0.0601. The van der Waals surface area contributed by atoms with Crippen LogP contribution in [0.5, 0.6) is 0 Å². The maximum Gasteiger partial charge on any atom is 0.407 e. The Kier molecular flexibility index (Phi) is 7.40. The molecule has 3 rings (SSSR count). The van der Waals surface area contributed by atoms with Crippen LogP contribution in [0, 0.1) is 0 Å². The quantitative estimate of drug-likeness (QED) is 0.688. The first-order valence-corrected chi connectivity index (χ1v) is 12.3. The molecular formula is C23H31N3O5S. The van der Waals surface area contributed by atoms with Crippen molar-refractivity contribution in [3.05, 3.63) is 42.5 Å². The average Bonchev–Trinajstić information content (AvgIpc) is 2.75. The fourth-order valence-electron chi connectivity index (χ4n) is 3.60. The zero-order chi connectivity index (χ0) is 23.4. The maximum absolute atomic E-state index is 13.1. The first-order chi connectivity index (χ1) is 15.0. The van der Waals surface area contributed by atoms with Crippen molar-refractivity contribution >= 4 is 32.8 Å². The SMILES string of the molecule is CC(C)(C)OC(=O)NCC(NS(=O)(=O)c1ccc2ccccc2c1)C(=O)N1CCCCC1. The van der Waals surface area contributed by atoms with Crippen molar-refractivity contribution in [3.63, 3.8) is 0 Å². The highest BCUT2D eigenvalue weighted by atomic mass is 32.2. The van der Waals surface area contributed by atoms with Crippen molar-refractivity contribution in [3.8, 4) is 0 Å². The van der Waals surface area contributed by atoms with Gasteiger partial charge in [0.1, 0.15) is 11.6 Å². The molecule has 2 N–H and O–H groups in total. The number of fused-ring (bicyclic) bond motifs is 1. The molecule has 174 valence electrons. The van der Waals surface area contributed by atoms with Gasteiger partial charge in [0.2, 0.25) is 15.9 Å². The van der Waals surface area contributed by atoms with Gasteiger partial charge in [-0.15, -0.1) is 0 Å². The molecule has 0 radical (unpaired) electrons. The molecule has 0 spiro atoms. The number of ether oxygens (including phenoxy) is 1. The summed E-state index contributed by atoms with van der Waals surface area (Å²) < 4.78 is 34.0. The monoisotopic (exact) mass is 461 g/mol. The van der Waals surface area contributed by atoms with Gasteiger partial charge >= 0.3 is 6.09 Å². The Morgan fingerprint density at radius 1 is 1.03 bits per heavy atom. The van der Waals surface area contributed by atoms with Crippen LogP contribution in [0.3, 0.4) is 0 Å². The van der Waals surface area contributed by atoms with Crippen molar-refractivity contribution in [2.75, 3.05) is 19.6 Å². The number of benzene rings is 2. The molecule has 1 saturated heterocycles. The summed E-state index contributed by atoms with van der Waals surface area (Å²) in [6.07, 6.45) is 2.07. The number of carbonyl (C=O) groups is 2. The fourth-order valence-corrected chi connectivity index (χ4v) is 4.83. The van der Waals surface area contributed by atoms with Crippen LogP contribution in [0.25, 0.3) is 10.8 Å². The van der Waals surface area contributed by atoms with E-state index < -0.39 is 27.8 Å². The van der Waals surface area contributed by atoms with Gasteiger partial charge in [-0.2, -0.15) is 4.72 Å². The lowest BCUT2D eigenvalue weighted by atomic mass is 10.1. The molecule has 0 aliphatic carbocycles. The molecule has 9 heteroatoms. The van der Waals surface area contributed by atoms with E-state index in [9.17, 15) is 18.0 Å². The third-order valence-electron chi connectivity index (χ3n) is 5.14. The Morgan fingerprint density at radius 3 is 2.34 bits per heavy atom. The highest BCUT2D eigenvalue weighted by Crippen LogP contribution is 2.19. The Hall–Kier alpha value is -2.65. The van der Waals surface area contributed by atoms with E-state index in [4.69, 9.17) is 4.74 Å². The van der Waals surface area contributed by atoms with Gasteiger partial charge in [0, 0.05) is 19.6 Å². The smallest absolute Gasteiger partial charge is 0.407 e. The Balaban J connectivity index is 1.80. The number of nitrogens with zero attached hydrogens (tertiary/aromatic N) is 1. The molecule has 8 nitrogen and oxygen atoms in total. The lowest BCUT2D eigenvalue weighted by Gasteiger charge is -2.31. The number of carbonyl (C=O) groups excluding carboxylic acids is 2. The van der Waals surface area contributed by atoms with Gasteiger partial charge in [-0.05, 0) is 62.9 Å². The molecule has 2 aromatic carbocycles. The van der Waals surface area contributed by atoms with Gasteiger partial charge in [-0.1, -0.05) is 30.3 Å². The van der Waals surface area contributed by atoms with E-state index in [1.165, 1.54) is 6.07 Å². The zero-order valence-electron chi connectivity index (χ0n) is 18.8. The van der Waals surface area contributed by atoms with Gasteiger partial charge in [0.15, 0.2) is 0 Å². The molecule has 1 heterocycles. The van der Waals surface area contributed by atoms with Gasteiger partial charge in [-0.25, -0.2) is 13.2 Å². The molecule has 0 bridgehead atoms. The van der Waals surface area contributed by atoms with E-state index in [0.29, 0.717) is 13.1 Å². The molecule has 1 aliphatic rings. The third-order valence-corrected chi connectivity index (χ3v) is 6.61. The van der Waals surface area contributed by atoms with Gasteiger partial charge in [0.25, 0.3) is 0 Å². The van der Waals surface area contributed by atoms with Gasteiger partial charge < -0.3 is 15.0 Å². The number of sulfonamides is 1. The molecule has 1 unspecified atom stereocenters. The summed E-state index contributed by atoms with van der Waals surface area (Å²) in [7, 11) is -4.01. The predicted octanol–water partition coefficient (Wildman–Crippen LogP) is 3.02. The number of nitrogens with one attached hydrogen (secondary N) is 2. The van der Waals surface area contributed by atoms with Crippen LogP contribution in [0.1, 0.15) is 40.0 Å². The van der Waals surface area contributed by atoms with E-state index >= 15 is 0 Å². The van der Waals surface area contributed by atoms with Crippen LogP contribution in [0.2, 0.25) is 0 Å². The summed E-state index contributed by atoms with van der Waals surface area (Å²) in [5.41, 5.74) is -0.707. The standard InChI is InChI=1S/C23H31N3O5S/c1-23(2,3)31-22(28)24-16-20(21(27)26-13-7-4-8-14-26)25-32(29,30)19-12-11-17-9-5-6-10-18(17)15-19/h5-6,9-12,15,20,25H,4,7-8,13-14,16H2,1-3H3,(H,24,28). The molecule has 1 atom stereocenters. The van der Waals surface area contributed by atoms with Crippen LogP contribution in [-0.2, 0) is 19.6 Å². The second-order valence-electron chi connectivity index (χ2n) is 8.95. The Bertz CT molecular complexity index is 1070. The lowest BCUT2D eigenvalue weighted by molar-refractivity contribution is -0.133. The molecule has 32 heavy (non-hydrogen) atoms. The van der Waals surface area contributed by atoms with Crippen molar-refractivity contribution in [2.45, 2.75) is 56.6 Å². The maximum atomic E-state index is 13.1. The minimum atomic E-state index is -4.01.